The van der Waals surface area contributed by atoms with Crippen molar-refractivity contribution in [3.8, 4) is 0 Å². The van der Waals surface area contributed by atoms with Gasteiger partial charge in [-0.3, -0.25) is 14.4 Å². The van der Waals surface area contributed by atoms with E-state index in [4.69, 9.17) is 5.11 Å². The van der Waals surface area contributed by atoms with Crippen LogP contribution in [-0.2, 0) is 14.4 Å². The van der Waals surface area contributed by atoms with Crippen LogP contribution in [0.3, 0.4) is 0 Å². The van der Waals surface area contributed by atoms with Gasteiger partial charge in [-0.05, 0) is 12.8 Å². The molecule has 0 saturated carbocycles. The molecule has 6 nitrogen and oxygen atoms in total. The molecule has 0 aromatic rings. The molecule has 1 fully saturated rings. The lowest BCUT2D eigenvalue weighted by Crippen LogP contribution is -2.46. The summed E-state index contributed by atoms with van der Waals surface area (Å²) in [6.45, 7) is 2.60. The van der Waals surface area contributed by atoms with Crippen LogP contribution in [0.4, 0.5) is 0 Å². The predicted molar refractivity (Wildman–Crippen MR) is 64.9 cm³/mol. The zero-order valence-corrected chi connectivity index (χ0v) is 10.9. The van der Waals surface area contributed by atoms with Crippen LogP contribution in [0.1, 0.15) is 26.2 Å². The fourth-order valence-corrected chi connectivity index (χ4v) is 2.07. The molecule has 2 amide bonds. The summed E-state index contributed by atoms with van der Waals surface area (Å²) in [5.74, 6) is -1.60. The number of carboxylic acid groups (broad SMARTS) is 1. The van der Waals surface area contributed by atoms with Gasteiger partial charge in [-0.1, -0.05) is 6.92 Å². The number of carbonyl (C=O) groups is 3. The van der Waals surface area contributed by atoms with Crippen LogP contribution in [0.5, 0.6) is 0 Å². The van der Waals surface area contributed by atoms with E-state index in [1.807, 2.05) is 0 Å². The minimum absolute atomic E-state index is 0.0268. The molecule has 1 saturated heterocycles. The number of rotatable bonds is 4. The Balaban J connectivity index is 2.51. The molecule has 102 valence electrons. The highest BCUT2D eigenvalue weighted by molar-refractivity contribution is 5.85. The second kappa shape index (κ2) is 6.37. The van der Waals surface area contributed by atoms with Crippen LogP contribution >= 0.6 is 0 Å². The molecule has 0 aromatic heterocycles. The third-order valence-electron chi connectivity index (χ3n) is 3.22. The highest BCUT2D eigenvalue weighted by Crippen LogP contribution is 2.16. The number of likely N-dealkylation sites (N-methyl/N-ethyl adjacent to an activating group) is 1. The van der Waals surface area contributed by atoms with E-state index in [0.29, 0.717) is 25.8 Å². The summed E-state index contributed by atoms with van der Waals surface area (Å²) in [6.07, 6.45) is 1.68. The molecule has 0 bridgehead atoms. The number of hydrogen-bond acceptors (Lipinski definition) is 3. The number of carbonyl (C=O) groups excluding carboxylic acids is 2. The second-order valence-electron chi connectivity index (χ2n) is 4.62. The molecule has 0 spiro atoms. The van der Waals surface area contributed by atoms with Crippen LogP contribution in [0.2, 0.25) is 0 Å². The monoisotopic (exact) mass is 256 g/mol. The lowest BCUT2D eigenvalue weighted by Gasteiger charge is -2.32. The summed E-state index contributed by atoms with van der Waals surface area (Å²) < 4.78 is 0. The van der Waals surface area contributed by atoms with Crippen LogP contribution < -0.4 is 0 Å². The Kier molecular flexibility index (Phi) is 5.12. The van der Waals surface area contributed by atoms with Gasteiger partial charge in [0.25, 0.3) is 0 Å². The summed E-state index contributed by atoms with van der Waals surface area (Å²) in [7, 11) is 1.59. The van der Waals surface area contributed by atoms with E-state index in [9.17, 15) is 14.4 Å². The van der Waals surface area contributed by atoms with Crippen molar-refractivity contribution in [3.05, 3.63) is 0 Å². The fraction of sp³-hybridized carbons (Fsp3) is 0.750. The van der Waals surface area contributed by atoms with Crippen LogP contribution in [-0.4, -0.2) is 59.4 Å². The summed E-state index contributed by atoms with van der Waals surface area (Å²) in [4.78, 5) is 37.1. The predicted octanol–water partition coefficient (Wildman–Crippen LogP) is 0.178. The number of amides is 2. The maximum absolute atomic E-state index is 11.9. The van der Waals surface area contributed by atoms with Gasteiger partial charge in [0.2, 0.25) is 11.8 Å². The molecule has 0 radical (unpaired) electrons. The van der Waals surface area contributed by atoms with E-state index in [0.717, 1.165) is 0 Å². The Morgan fingerprint density at radius 3 is 2.61 bits per heavy atom. The molecule has 1 aliphatic rings. The number of likely N-dealkylation sites (tertiary alicyclic amines) is 1. The smallest absolute Gasteiger partial charge is 0.308 e. The molecule has 1 heterocycles. The minimum Gasteiger partial charge on any atom is -0.481 e. The summed E-state index contributed by atoms with van der Waals surface area (Å²) in [5, 5.41) is 8.94. The standard InChI is InChI=1S/C12H20N2O4/c1-3-10(15)13(2)8-11(16)14-6-4-5-9(7-14)12(17)18/h9H,3-8H2,1-2H3,(H,17,18). The largest absolute Gasteiger partial charge is 0.481 e. The number of carboxylic acids is 1. The first-order valence-electron chi connectivity index (χ1n) is 6.20. The first kappa shape index (κ1) is 14.5. The quantitative estimate of drug-likeness (QED) is 0.778. The molecule has 0 aliphatic carbocycles. The van der Waals surface area contributed by atoms with Crippen LogP contribution in [0.25, 0.3) is 0 Å². The first-order chi connectivity index (χ1) is 8.45. The van der Waals surface area contributed by atoms with Crippen LogP contribution in [0.15, 0.2) is 0 Å². The van der Waals surface area contributed by atoms with Gasteiger partial charge in [-0.15, -0.1) is 0 Å². The third-order valence-corrected chi connectivity index (χ3v) is 3.22. The highest BCUT2D eigenvalue weighted by atomic mass is 16.4. The van der Waals surface area contributed by atoms with Gasteiger partial charge >= 0.3 is 5.97 Å². The van der Waals surface area contributed by atoms with E-state index in [-0.39, 0.29) is 24.9 Å². The van der Waals surface area contributed by atoms with Gasteiger partial charge in [0, 0.05) is 26.6 Å². The molecule has 18 heavy (non-hydrogen) atoms. The number of nitrogens with zero attached hydrogens (tertiary/aromatic N) is 2. The second-order valence-corrected chi connectivity index (χ2v) is 4.62. The van der Waals surface area contributed by atoms with Crippen LogP contribution in [0, 0.1) is 5.92 Å². The van der Waals surface area contributed by atoms with Crippen molar-refractivity contribution in [1.29, 1.82) is 0 Å². The highest BCUT2D eigenvalue weighted by Gasteiger charge is 2.28. The van der Waals surface area contributed by atoms with Crippen molar-refractivity contribution in [3.63, 3.8) is 0 Å². The number of hydrogen-bond donors (Lipinski definition) is 1. The molecule has 6 heteroatoms. The fourth-order valence-electron chi connectivity index (χ4n) is 2.07. The van der Waals surface area contributed by atoms with Crippen molar-refractivity contribution in [2.45, 2.75) is 26.2 Å². The lowest BCUT2D eigenvalue weighted by molar-refractivity contribution is -0.147. The summed E-state index contributed by atoms with van der Waals surface area (Å²) in [5.41, 5.74) is 0. The zero-order chi connectivity index (χ0) is 13.7. The van der Waals surface area contributed by atoms with Crippen molar-refractivity contribution >= 4 is 17.8 Å². The average molecular weight is 256 g/mol. The van der Waals surface area contributed by atoms with E-state index < -0.39 is 11.9 Å². The van der Waals surface area contributed by atoms with Gasteiger partial charge < -0.3 is 14.9 Å². The molecule has 1 N–H and O–H groups in total. The van der Waals surface area contributed by atoms with Crippen molar-refractivity contribution in [2.75, 3.05) is 26.7 Å². The number of aliphatic carboxylic acids is 1. The van der Waals surface area contributed by atoms with E-state index in [1.165, 1.54) is 4.90 Å². The van der Waals surface area contributed by atoms with E-state index in [1.54, 1.807) is 18.9 Å². The zero-order valence-electron chi connectivity index (χ0n) is 10.9. The van der Waals surface area contributed by atoms with Crippen molar-refractivity contribution in [1.82, 2.24) is 9.80 Å². The minimum atomic E-state index is -0.856. The summed E-state index contributed by atoms with van der Waals surface area (Å²) in [6, 6.07) is 0. The van der Waals surface area contributed by atoms with Gasteiger partial charge in [-0.25, -0.2) is 0 Å². The molecular weight excluding hydrogens is 236 g/mol. The Hall–Kier alpha value is -1.59. The van der Waals surface area contributed by atoms with E-state index in [2.05, 4.69) is 0 Å². The van der Waals surface area contributed by atoms with Gasteiger partial charge in [-0.2, -0.15) is 0 Å². The molecule has 1 atom stereocenters. The average Bonchev–Trinajstić information content (AvgIpc) is 2.37. The lowest BCUT2D eigenvalue weighted by atomic mass is 9.98. The van der Waals surface area contributed by atoms with Gasteiger partial charge in [0.1, 0.15) is 0 Å². The Morgan fingerprint density at radius 1 is 1.39 bits per heavy atom. The third kappa shape index (κ3) is 3.72. The maximum Gasteiger partial charge on any atom is 0.308 e. The number of piperidine rings is 1. The van der Waals surface area contributed by atoms with Gasteiger partial charge in [0.05, 0.1) is 12.5 Å². The van der Waals surface area contributed by atoms with E-state index >= 15 is 0 Å². The molecule has 1 aliphatic heterocycles. The van der Waals surface area contributed by atoms with Gasteiger partial charge in [0.15, 0.2) is 0 Å². The first-order valence-corrected chi connectivity index (χ1v) is 6.20. The maximum atomic E-state index is 11.9. The Bertz CT molecular complexity index is 343. The van der Waals surface area contributed by atoms with Crippen molar-refractivity contribution in [2.24, 2.45) is 5.92 Å². The molecular formula is C12H20N2O4. The Morgan fingerprint density at radius 2 is 2.06 bits per heavy atom. The molecule has 1 rings (SSSR count). The summed E-state index contributed by atoms with van der Waals surface area (Å²) >= 11 is 0. The topological polar surface area (TPSA) is 77.9 Å². The van der Waals surface area contributed by atoms with Crippen molar-refractivity contribution < 1.29 is 19.5 Å². The molecule has 0 aromatic carbocycles. The Labute approximate surface area is 107 Å². The SMILES string of the molecule is CCC(=O)N(C)CC(=O)N1CCCC(C(=O)O)C1. The normalized spacial score (nSPS) is 19.4. The molecule has 1 unspecified atom stereocenters.